The highest BCUT2D eigenvalue weighted by Gasteiger charge is 2.40. The van der Waals surface area contributed by atoms with Gasteiger partial charge in [-0.15, -0.1) is 11.3 Å². The first kappa shape index (κ1) is 22.9. The Hall–Kier alpha value is -2.23. The molecule has 0 radical (unpaired) electrons. The van der Waals surface area contributed by atoms with Crippen LogP contribution in [0.4, 0.5) is 5.69 Å². The van der Waals surface area contributed by atoms with Crippen LogP contribution in [-0.2, 0) is 14.8 Å². The summed E-state index contributed by atoms with van der Waals surface area (Å²) in [6, 6.07) is 15.3. The fourth-order valence-electron chi connectivity index (χ4n) is 3.62. The van der Waals surface area contributed by atoms with E-state index in [-0.39, 0.29) is 27.8 Å². The van der Waals surface area contributed by atoms with Crippen LogP contribution in [0.25, 0.3) is 0 Å². The number of nitrogens with one attached hydrogen (secondary N) is 1. The molecule has 1 N–H and O–H groups in total. The molecule has 32 heavy (non-hydrogen) atoms. The van der Waals surface area contributed by atoms with Crippen molar-refractivity contribution < 1.29 is 18.0 Å². The van der Waals surface area contributed by atoms with Crippen LogP contribution in [-0.4, -0.2) is 37.0 Å². The van der Waals surface area contributed by atoms with Crippen molar-refractivity contribution in [3.63, 3.8) is 0 Å². The molecular weight excluding hydrogens is 491 g/mol. The number of sulfonamides is 1. The summed E-state index contributed by atoms with van der Waals surface area (Å²) in [5.74, 6) is -0.800. The number of carbonyl (C=O) groups is 2. The molecule has 1 aliphatic heterocycles. The molecule has 1 amide bonds. The zero-order valence-corrected chi connectivity index (χ0v) is 19.8. The largest absolute Gasteiger partial charge is 0.324 e. The Morgan fingerprint density at radius 1 is 1.03 bits per heavy atom. The number of hydrogen-bond donors (Lipinski definition) is 1. The minimum Gasteiger partial charge on any atom is -0.324 e. The highest BCUT2D eigenvalue weighted by Crippen LogP contribution is 2.33. The maximum atomic E-state index is 13.1. The second kappa shape index (κ2) is 9.33. The predicted molar refractivity (Wildman–Crippen MR) is 126 cm³/mol. The van der Waals surface area contributed by atoms with Gasteiger partial charge in [0.15, 0.2) is 5.78 Å². The number of amides is 1. The molecule has 1 atom stereocenters. The standard InChI is InChI=1S/C22H18Cl2N2O4S2/c23-15-8-9-17(16(13-15)21(27)14-5-2-1-3-6-14)25-22(28)18-7-4-12-26(18)32(29,30)20-11-10-19(24)31-20/h1-3,5-6,8-11,13,18H,4,7,12H2,(H,25,28). The molecule has 1 aliphatic rings. The van der Waals surface area contributed by atoms with Gasteiger partial charge in [0.05, 0.1) is 10.0 Å². The van der Waals surface area contributed by atoms with E-state index in [1.807, 2.05) is 0 Å². The van der Waals surface area contributed by atoms with Gasteiger partial charge in [-0.05, 0) is 43.2 Å². The van der Waals surface area contributed by atoms with Crippen LogP contribution in [0.3, 0.4) is 0 Å². The van der Waals surface area contributed by atoms with E-state index in [1.165, 1.54) is 22.5 Å². The minimum absolute atomic E-state index is 0.0913. The molecular formula is C22H18Cl2N2O4S2. The lowest BCUT2D eigenvalue weighted by atomic mass is 10.0. The maximum absolute atomic E-state index is 13.1. The molecule has 2 heterocycles. The summed E-state index contributed by atoms with van der Waals surface area (Å²) in [4.78, 5) is 26.1. The van der Waals surface area contributed by atoms with Crippen molar-refractivity contribution in [2.75, 3.05) is 11.9 Å². The van der Waals surface area contributed by atoms with Gasteiger partial charge < -0.3 is 5.32 Å². The minimum atomic E-state index is -3.86. The molecule has 0 saturated carbocycles. The number of carbonyl (C=O) groups excluding carboxylic acids is 2. The molecule has 1 unspecified atom stereocenters. The van der Waals surface area contributed by atoms with Crippen molar-refractivity contribution in [3.8, 4) is 0 Å². The number of rotatable bonds is 6. The van der Waals surface area contributed by atoms with E-state index in [9.17, 15) is 18.0 Å². The first-order chi connectivity index (χ1) is 15.3. The summed E-state index contributed by atoms with van der Waals surface area (Å²) in [5.41, 5.74) is 0.955. The Labute approximate surface area is 199 Å². The lowest BCUT2D eigenvalue weighted by Gasteiger charge is -2.23. The van der Waals surface area contributed by atoms with Crippen LogP contribution in [0.1, 0.15) is 28.8 Å². The zero-order chi connectivity index (χ0) is 22.9. The number of hydrogen-bond acceptors (Lipinski definition) is 5. The molecule has 10 heteroatoms. The molecule has 1 fully saturated rings. The molecule has 166 valence electrons. The third-order valence-corrected chi connectivity index (χ3v) is 8.98. The predicted octanol–water partition coefficient (Wildman–Crippen LogP) is 5.08. The maximum Gasteiger partial charge on any atom is 0.253 e. The molecule has 3 aromatic rings. The average Bonchev–Trinajstić information content (AvgIpc) is 3.45. The molecule has 0 bridgehead atoms. The molecule has 4 rings (SSSR count). The van der Waals surface area contributed by atoms with Gasteiger partial charge in [0.25, 0.3) is 10.0 Å². The summed E-state index contributed by atoms with van der Waals surface area (Å²) in [7, 11) is -3.86. The fourth-order valence-corrected chi connectivity index (χ4v) is 7.06. The Morgan fingerprint density at radius 3 is 2.47 bits per heavy atom. The number of ketones is 1. The number of halogens is 2. The number of anilines is 1. The van der Waals surface area contributed by atoms with Crippen LogP contribution < -0.4 is 5.32 Å². The number of nitrogens with zero attached hydrogens (tertiary/aromatic N) is 1. The summed E-state index contributed by atoms with van der Waals surface area (Å²) < 4.78 is 27.7. The van der Waals surface area contributed by atoms with E-state index in [0.717, 1.165) is 11.3 Å². The molecule has 0 spiro atoms. The molecule has 0 aliphatic carbocycles. The Bertz CT molecular complexity index is 1280. The van der Waals surface area contributed by atoms with E-state index in [2.05, 4.69) is 5.32 Å². The van der Waals surface area contributed by atoms with Crippen molar-refractivity contribution in [3.05, 3.63) is 81.1 Å². The second-order valence-corrected chi connectivity index (χ2v) is 11.5. The SMILES string of the molecule is O=C(c1ccccc1)c1cc(Cl)ccc1NC(=O)C1CCCN1S(=O)(=O)c1ccc(Cl)s1. The first-order valence-electron chi connectivity index (χ1n) is 9.75. The van der Waals surface area contributed by atoms with Crippen molar-refractivity contribution in [1.82, 2.24) is 4.31 Å². The van der Waals surface area contributed by atoms with E-state index >= 15 is 0 Å². The quantitative estimate of drug-likeness (QED) is 0.470. The third-order valence-electron chi connectivity index (χ3n) is 5.14. The van der Waals surface area contributed by atoms with Gasteiger partial charge in [0, 0.05) is 22.7 Å². The summed E-state index contributed by atoms with van der Waals surface area (Å²) in [5, 5.41) is 3.09. The lowest BCUT2D eigenvalue weighted by Crippen LogP contribution is -2.43. The molecule has 6 nitrogen and oxygen atoms in total. The monoisotopic (exact) mass is 508 g/mol. The second-order valence-electron chi connectivity index (χ2n) is 7.21. The van der Waals surface area contributed by atoms with Crippen molar-refractivity contribution >= 4 is 61.9 Å². The van der Waals surface area contributed by atoms with Crippen LogP contribution in [0, 0.1) is 0 Å². The topological polar surface area (TPSA) is 83.6 Å². The van der Waals surface area contributed by atoms with Gasteiger partial charge in [0.2, 0.25) is 5.91 Å². The average molecular weight is 509 g/mol. The zero-order valence-electron chi connectivity index (χ0n) is 16.6. The summed E-state index contributed by atoms with van der Waals surface area (Å²) in [6.07, 6.45) is 0.923. The van der Waals surface area contributed by atoms with Crippen molar-refractivity contribution in [2.24, 2.45) is 0 Å². The van der Waals surface area contributed by atoms with Crippen LogP contribution in [0.15, 0.2) is 64.9 Å². The van der Waals surface area contributed by atoms with Crippen LogP contribution in [0.5, 0.6) is 0 Å². The Balaban J connectivity index is 1.61. The molecule has 1 saturated heterocycles. The van der Waals surface area contributed by atoms with Gasteiger partial charge in [-0.25, -0.2) is 8.42 Å². The lowest BCUT2D eigenvalue weighted by molar-refractivity contribution is -0.119. The van der Waals surface area contributed by atoms with Gasteiger partial charge >= 0.3 is 0 Å². The van der Waals surface area contributed by atoms with E-state index in [4.69, 9.17) is 23.2 Å². The van der Waals surface area contributed by atoms with Crippen molar-refractivity contribution in [1.29, 1.82) is 0 Å². The van der Waals surface area contributed by atoms with E-state index in [1.54, 1.807) is 42.5 Å². The fraction of sp³-hybridized carbons (Fsp3) is 0.182. The van der Waals surface area contributed by atoms with Crippen LogP contribution in [0.2, 0.25) is 9.36 Å². The van der Waals surface area contributed by atoms with E-state index < -0.39 is 22.0 Å². The molecule has 1 aromatic heterocycles. The van der Waals surface area contributed by atoms with Gasteiger partial charge in [-0.3, -0.25) is 9.59 Å². The van der Waals surface area contributed by atoms with Gasteiger partial charge in [-0.1, -0.05) is 53.5 Å². The Morgan fingerprint density at radius 2 is 1.78 bits per heavy atom. The smallest absolute Gasteiger partial charge is 0.253 e. The van der Waals surface area contributed by atoms with Gasteiger partial charge in [-0.2, -0.15) is 4.31 Å². The molecule has 2 aromatic carbocycles. The normalized spacial score (nSPS) is 16.8. The Kier molecular flexibility index (Phi) is 6.69. The van der Waals surface area contributed by atoms with Gasteiger partial charge in [0.1, 0.15) is 10.3 Å². The highest BCUT2D eigenvalue weighted by molar-refractivity contribution is 7.91. The number of thiophene rings is 1. The summed E-state index contributed by atoms with van der Waals surface area (Å²) >= 11 is 13.0. The van der Waals surface area contributed by atoms with Crippen molar-refractivity contribution in [2.45, 2.75) is 23.1 Å². The summed E-state index contributed by atoms with van der Waals surface area (Å²) in [6.45, 7) is 0.229. The first-order valence-corrected chi connectivity index (χ1v) is 12.8. The van der Waals surface area contributed by atoms with E-state index in [0.29, 0.717) is 27.8 Å². The van der Waals surface area contributed by atoms with Crippen LogP contribution >= 0.6 is 34.5 Å². The number of benzene rings is 2. The third kappa shape index (κ3) is 4.60. The highest BCUT2D eigenvalue weighted by atomic mass is 35.5.